The van der Waals surface area contributed by atoms with Crippen LogP contribution in [0.5, 0.6) is 0 Å². The number of anilines is 1. The molecule has 2 aromatic rings. The zero-order valence-electron chi connectivity index (χ0n) is 10.8. The standard InChI is InChI=1S/C14H11ClF2N2OS/c15-13-4-1-10(5-9(13)6-18)19-7-11-2-3-12(20-11)8-21-14(16)17/h1-5,14,19H,7-8H2. The van der Waals surface area contributed by atoms with E-state index in [0.29, 0.717) is 40.4 Å². The van der Waals surface area contributed by atoms with Gasteiger partial charge in [0.2, 0.25) is 0 Å². The molecule has 0 amide bonds. The van der Waals surface area contributed by atoms with Gasteiger partial charge in [-0.15, -0.1) is 0 Å². The molecule has 2 rings (SSSR count). The fourth-order valence-electron chi connectivity index (χ4n) is 1.65. The van der Waals surface area contributed by atoms with E-state index in [9.17, 15) is 8.78 Å². The normalized spacial score (nSPS) is 10.6. The van der Waals surface area contributed by atoms with Gasteiger partial charge >= 0.3 is 0 Å². The van der Waals surface area contributed by atoms with Crippen LogP contribution in [0.25, 0.3) is 0 Å². The fourth-order valence-corrected chi connectivity index (χ4v) is 2.26. The number of nitrogens with zero attached hydrogens (tertiary/aromatic N) is 1. The lowest BCUT2D eigenvalue weighted by Gasteiger charge is -2.05. The van der Waals surface area contributed by atoms with Crippen molar-refractivity contribution in [1.82, 2.24) is 0 Å². The van der Waals surface area contributed by atoms with Gasteiger partial charge in [0, 0.05) is 5.69 Å². The third-order valence-corrected chi connectivity index (χ3v) is 3.66. The first kappa shape index (κ1) is 15.7. The Morgan fingerprint density at radius 3 is 2.76 bits per heavy atom. The van der Waals surface area contributed by atoms with Gasteiger partial charge in [-0.3, -0.25) is 0 Å². The van der Waals surface area contributed by atoms with Gasteiger partial charge in [-0.2, -0.15) is 14.0 Å². The second-order valence-electron chi connectivity index (χ2n) is 4.10. The molecule has 21 heavy (non-hydrogen) atoms. The first-order valence-corrected chi connectivity index (χ1v) is 7.42. The van der Waals surface area contributed by atoms with Gasteiger partial charge in [-0.05, 0) is 30.3 Å². The van der Waals surface area contributed by atoms with E-state index in [1.807, 2.05) is 6.07 Å². The molecule has 1 aromatic carbocycles. The Morgan fingerprint density at radius 1 is 1.29 bits per heavy atom. The van der Waals surface area contributed by atoms with E-state index in [0.717, 1.165) is 5.69 Å². The Hall–Kier alpha value is -1.71. The maximum atomic E-state index is 12.1. The highest BCUT2D eigenvalue weighted by atomic mass is 35.5. The van der Waals surface area contributed by atoms with Crippen molar-refractivity contribution in [2.45, 2.75) is 18.1 Å². The zero-order chi connectivity index (χ0) is 15.2. The topological polar surface area (TPSA) is 49.0 Å². The number of nitriles is 1. The SMILES string of the molecule is N#Cc1cc(NCc2ccc(CSC(F)F)o2)ccc1Cl. The first-order valence-electron chi connectivity index (χ1n) is 5.99. The van der Waals surface area contributed by atoms with Crippen molar-refractivity contribution in [2.75, 3.05) is 5.32 Å². The molecule has 0 spiro atoms. The summed E-state index contributed by atoms with van der Waals surface area (Å²) >= 11 is 6.37. The highest BCUT2D eigenvalue weighted by Crippen LogP contribution is 2.23. The monoisotopic (exact) mass is 328 g/mol. The van der Waals surface area contributed by atoms with Crippen molar-refractivity contribution in [3.63, 3.8) is 0 Å². The quantitative estimate of drug-likeness (QED) is 0.821. The maximum Gasteiger partial charge on any atom is 0.284 e. The molecule has 0 saturated carbocycles. The van der Waals surface area contributed by atoms with Crippen LogP contribution >= 0.6 is 23.4 Å². The molecule has 0 aliphatic carbocycles. The van der Waals surface area contributed by atoms with Crippen LogP contribution in [-0.4, -0.2) is 5.76 Å². The summed E-state index contributed by atoms with van der Waals surface area (Å²) in [5.74, 6) is -1.13. The van der Waals surface area contributed by atoms with Gasteiger partial charge in [0.15, 0.2) is 0 Å². The molecule has 3 nitrogen and oxygen atoms in total. The summed E-state index contributed by atoms with van der Waals surface area (Å²) in [5, 5.41) is 12.4. The van der Waals surface area contributed by atoms with Crippen molar-refractivity contribution in [1.29, 1.82) is 5.26 Å². The molecule has 0 unspecified atom stereocenters. The molecule has 0 aliphatic heterocycles. The molecule has 1 N–H and O–H groups in total. The smallest absolute Gasteiger partial charge is 0.284 e. The molecule has 7 heteroatoms. The van der Waals surface area contributed by atoms with Gasteiger partial charge in [0.1, 0.15) is 17.6 Å². The maximum absolute atomic E-state index is 12.1. The van der Waals surface area contributed by atoms with Gasteiger partial charge < -0.3 is 9.73 Å². The van der Waals surface area contributed by atoms with E-state index in [4.69, 9.17) is 21.3 Å². The minimum absolute atomic E-state index is 0.136. The summed E-state index contributed by atoms with van der Waals surface area (Å²) in [6.45, 7) is 0.395. The van der Waals surface area contributed by atoms with Crippen LogP contribution in [-0.2, 0) is 12.3 Å². The summed E-state index contributed by atoms with van der Waals surface area (Å²) < 4.78 is 29.6. The summed E-state index contributed by atoms with van der Waals surface area (Å²) in [7, 11) is 0. The van der Waals surface area contributed by atoms with Gasteiger partial charge in [0.05, 0.1) is 22.9 Å². The molecule has 0 bridgehead atoms. The van der Waals surface area contributed by atoms with E-state index >= 15 is 0 Å². The number of benzene rings is 1. The number of rotatable bonds is 6. The first-order chi connectivity index (χ1) is 10.1. The number of hydrogen-bond donors (Lipinski definition) is 1. The number of thioether (sulfide) groups is 1. The van der Waals surface area contributed by atoms with E-state index in [-0.39, 0.29) is 5.75 Å². The lowest BCUT2D eigenvalue weighted by Crippen LogP contribution is -1.98. The average Bonchev–Trinajstić information content (AvgIpc) is 2.92. The highest BCUT2D eigenvalue weighted by molar-refractivity contribution is 7.98. The third kappa shape index (κ3) is 4.66. The molecule has 110 valence electrons. The van der Waals surface area contributed by atoms with Crippen LogP contribution in [0.2, 0.25) is 5.02 Å². The largest absolute Gasteiger partial charge is 0.463 e. The van der Waals surface area contributed by atoms with Crippen LogP contribution in [0.1, 0.15) is 17.1 Å². The molecular weight excluding hydrogens is 318 g/mol. The molecule has 0 radical (unpaired) electrons. The molecule has 0 fully saturated rings. The summed E-state index contributed by atoms with van der Waals surface area (Å²) in [6.07, 6.45) is 0. The summed E-state index contributed by atoms with van der Waals surface area (Å²) in [5.41, 5.74) is 1.12. The minimum atomic E-state index is -2.41. The molecular formula is C14H11ClF2N2OS. The Labute approximate surface area is 129 Å². The van der Waals surface area contributed by atoms with Crippen molar-refractivity contribution >= 4 is 29.1 Å². The molecule has 0 saturated heterocycles. The molecule has 0 atom stereocenters. The average molecular weight is 329 g/mol. The fraction of sp³-hybridized carbons (Fsp3) is 0.214. The van der Waals surface area contributed by atoms with E-state index < -0.39 is 5.76 Å². The van der Waals surface area contributed by atoms with Gasteiger partial charge in [-0.25, -0.2) is 0 Å². The van der Waals surface area contributed by atoms with Crippen LogP contribution in [0.4, 0.5) is 14.5 Å². The van der Waals surface area contributed by atoms with Crippen molar-refractivity contribution in [3.8, 4) is 6.07 Å². The van der Waals surface area contributed by atoms with Gasteiger partial charge in [0.25, 0.3) is 5.76 Å². The molecule has 0 aliphatic rings. The Bertz CT molecular complexity index is 655. The predicted octanol–water partition coefficient (Wildman–Crippen LogP) is 4.87. The summed E-state index contributed by atoms with van der Waals surface area (Å²) in [4.78, 5) is 0. The van der Waals surface area contributed by atoms with E-state index in [1.165, 1.54) is 0 Å². The van der Waals surface area contributed by atoms with Crippen LogP contribution in [0.3, 0.4) is 0 Å². The van der Waals surface area contributed by atoms with Crippen molar-refractivity contribution in [2.24, 2.45) is 0 Å². The van der Waals surface area contributed by atoms with E-state index in [2.05, 4.69) is 5.32 Å². The van der Waals surface area contributed by atoms with Crippen molar-refractivity contribution < 1.29 is 13.2 Å². The Balaban J connectivity index is 1.93. The second-order valence-corrected chi connectivity index (χ2v) is 5.49. The second kappa shape index (κ2) is 7.34. The van der Waals surface area contributed by atoms with E-state index in [1.54, 1.807) is 30.3 Å². The molecule has 1 aromatic heterocycles. The number of nitrogens with one attached hydrogen (secondary N) is 1. The number of alkyl halides is 2. The van der Waals surface area contributed by atoms with Gasteiger partial charge in [-0.1, -0.05) is 23.4 Å². The Morgan fingerprint density at radius 2 is 2.05 bits per heavy atom. The highest BCUT2D eigenvalue weighted by Gasteiger charge is 2.07. The molecule has 1 heterocycles. The van der Waals surface area contributed by atoms with Crippen LogP contribution in [0, 0.1) is 11.3 Å². The number of furan rings is 1. The third-order valence-electron chi connectivity index (χ3n) is 2.62. The number of hydrogen-bond acceptors (Lipinski definition) is 4. The van der Waals surface area contributed by atoms with Crippen LogP contribution < -0.4 is 5.32 Å². The van der Waals surface area contributed by atoms with Crippen LogP contribution in [0.15, 0.2) is 34.7 Å². The lowest BCUT2D eigenvalue weighted by atomic mass is 10.2. The zero-order valence-corrected chi connectivity index (χ0v) is 12.3. The minimum Gasteiger partial charge on any atom is -0.463 e. The summed E-state index contributed by atoms with van der Waals surface area (Å²) in [6, 6.07) is 10.4. The lowest BCUT2D eigenvalue weighted by molar-refractivity contribution is 0.251. The van der Waals surface area contributed by atoms with Crippen molar-refractivity contribution in [3.05, 3.63) is 52.4 Å². The number of halogens is 3. The predicted molar refractivity (Wildman–Crippen MR) is 79.5 cm³/mol. The Kier molecular flexibility index (Phi) is 5.48.